The predicted octanol–water partition coefficient (Wildman–Crippen LogP) is 32.1. The van der Waals surface area contributed by atoms with Crippen molar-refractivity contribution in [1.29, 1.82) is 10.5 Å². The Hall–Kier alpha value is -19.3. The third-order valence-corrected chi connectivity index (χ3v) is 26.8. The maximum Gasteiger partial charge on any atom is 0.194 e. The zero-order valence-corrected chi connectivity index (χ0v) is 74.4. The molecule has 12 nitrogen and oxygen atoms in total. The topological polar surface area (TPSA) is 120 Å². The lowest BCUT2D eigenvalue weighted by atomic mass is 9.98. The first kappa shape index (κ1) is 80.7. The number of nitrogens with zero attached hydrogens (tertiary/aromatic N) is 12. The highest BCUT2D eigenvalue weighted by atomic mass is 15.2. The Morgan fingerprint density at radius 1 is 0.174 bits per heavy atom. The molecule has 27 rings (SSSR count). The van der Waals surface area contributed by atoms with Gasteiger partial charge in [0, 0.05) is 64.6 Å². The number of fused-ring (bicyclic) bond motifs is 18. The van der Waals surface area contributed by atoms with Crippen LogP contribution in [0, 0.1) is 29.2 Å². The van der Waals surface area contributed by atoms with Gasteiger partial charge in [0.25, 0.3) is 0 Å². The average Bonchev–Trinajstić information content (AvgIpc) is 1.57. The first-order valence-electron chi connectivity index (χ1n) is 46.1. The number of hydrogen-bond donors (Lipinski definition) is 0. The minimum atomic E-state index is 0.645. The zero-order chi connectivity index (χ0) is 91.8. The van der Waals surface area contributed by atoms with E-state index in [0.717, 1.165) is 168 Å². The summed E-state index contributed by atoms with van der Waals surface area (Å²) in [6, 6.07) is 169. The molecule has 0 spiro atoms. The third kappa shape index (κ3) is 13.9. The van der Waals surface area contributed by atoms with Gasteiger partial charge in [0.1, 0.15) is 34.9 Å². The van der Waals surface area contributed by atoms with E-state index < -0.39 is 0 Å². The van der Waals surface area contributed by atoms with Gasteiger partial charge in [-0.2, -0.15) is 10.5 Å². The van der Waals surface area contributed by atoms with Gasteiger partial charge < -0.3 is 0 Å². The number of aromatic nitrogens is 9. The Bertz CT molecular complexity index is 9040. The van der Waals surface area contributed by atoms with Gasteiger partial charge in [-0.15, -0.1) is 0 Å². The van der Waals surface area contributed by atoms with Crippen LogP contribution in [0.1, 0.15) is 11.1 Å². The molecule has 27 aromatic rings. The van der Waals surface area contributed by atoms with Crippen LogP contribution in [0.5, 0.6) is 0 Å². The fourth-order valence-corrected chi connectivity index (χ4v) is 20.7. The number of pyridine rings is 3. The molecule has 0 aliphatic heterocycles. The highest BCUT2D eigenvalue weighted by molar-refractivity contribution is 6.15. The van der Waals surface area contributed by atoms with E-state index in [4.69, 9.17) is 21.5 Å². The van der Waals surface area contributed by atoms with Crippen molar-refractivity contribution in [3.8, 4) is 114 Å². The molecular formula is C126H78N12. The summed E-state index contributed by atoms with van der Waals surface area (Å²) in [6.07, 6.45) is 0. The van der Waals surface area contributed by atoms with Crippen molar-refractivity contribution in [1.82, 2.24) is 42.4 Å². The van der Waals surface area contributed by atoms with Crippen LogP contribution in [0.15, 0.2) is 473 Å². The first-order valence-corrected chi connectivity index (χ1v) is 46.1. The highest BCUT2D eigenvalue weighted by Gasteiger charge is 2.25. The Labute approximate surface area is 793 Å². The molecule has 0 saturated carbocycles. The van der Waals surface area contributed by atoms with Crippen molar-refractivity contribution < 1.29 is 0 Å². The minimum absolute atomic E-state index is 0.645. The van der Waals surface area contributed by atoms with Gasteiger partial charge in [-0.1, -0.05) is 322 Å². The molecule has 138 heavy (non-hydrogen) atoms. The zero-order valence-electron chi connectivity index (χ0n) is 74.4. The van der Waals surface area contributed by atoms with Crippen LogP contribution in [-0.2, 0) is 0 Å². The molecule has 18 aromatic carbocycles. The molecule has 0 N–H and O–H groups in total. The Balaban J connectivity index is 0.000000110. The Morgan fingerprint density at radius 3 is 0.630 bits per heavy atom. The fraction of sp³-hybridized carbons (Fsp3) is 0. The number of hydrogen-bond acceptors (Lipinski definition) is 5. The molecule has 0 fully saturated rings. The second-order valence-corrected chi connectivity index (χ2v) is 34.7. The highest BCUT2D eigenvalue weighted by Crippen LogP contribution is 2.44. The summed E-state index contributed by atoms with van der Waals surface area (Å²) < 4.78 is 13.7. The molecule has 0 amide bonds. The first-order chi connectivity index (χ1) is 68.3. The number of nitriles is 2. The van der Waals surface area contributed by atoms with E-state index in [9.17, 15) is 10.5 Å². The van der Waals surface area contributed by atoms with E-state index >= 15 is 0 Å². The van der Waals surface area contributed by atoms with Crippen molar-refractivity contribution in [2.45, 2.75) is 0 Å². The Kier molecular flexibility index (Phi) is 19.8. The molecule has 0 bridgehead atoms. The molecule has 9 aromatic heterocycles. The standard InChI is InChI=1S/3C42H26N4/c1-43-36-20-7-2-15-31(36)29-14-12-13-28(25-29)30-26-41(45-37-21-8-3-16-32(37)33-17-4-9-22-38(33)45)44-42(27-30)46-39-23-10-5-18-34(39)35-19-6-11-24-40(35)46;43-27-28-11-9-12-29(23-28)30-13-10-14-31(24-30)32-25-41(45-37-19-5-1-15-33(37)34-16-2-6-20-38(34)45)44-42(26-32)46-39-21-7-3-17-35(39)36-18-4-8-22-40(36)46;43-27-28-20-22-29(23-21-28)30-10-9-11-31(24-30)32-25-41(45-37-16-5-1-12-33(37)34-13-2-6-17-38(34)45)44-42(26-32)46-39-18-7-3-14-35(39)36-15-4-8-19-40(36)46/h2-27H;2*1-26H. The van der Waals surface area contributed by atoms with Crippen LogP contribution in [0.3, 0.4) is 0 Å². The van der Waals surface area contributed by atoms with Crippen molar-refractivity contribution in [2.75, 3.05) is 0 Å². The van der Waals surface area contributed by atoms with E-state index in [1.807, 2.05) is 66.7 Å². The fourth-order valence-electron chi connectivity index (χ4n) is 20.7. The lowest BCUT2D eigenvalue weighted by molar-refractivity contribution is 1.01. The summed E-state index contributed by atoms with van der Waals surface area (Å²) in [4.78, 5) is 20.1. The molecule has 0 aliphatic carbocycles. The maximum atomic E-state index is 9.52. The SMILES string of the molecule is N#Cc1ccc(-c2cccc(-c3cc(-n4c5ccccc5c5ccccc54)nc(-n4c5ccccc5c5ccccc54)c3)c2)cc1.N#Cc1cccc(-c2cccc(-c3cc(-n4c5ccccc5c5ccccc54)nc(-n4c5ccccc5c5ccccc54)c3)c2)c1.[C-]#[N+]c1ccccc1-c1cccc(-c2cc(-n3c4ccccc4c4ccccc43)nc(-n3c4ccccc4c4ccccc43)c2)c1. The second-order valence-electron chi connectivity index (χ2n) is 34.7. The molecular weight excluding hydrogens is 1680 g/mol. The molecule has 9 heterocycles. The summed E-state index contributed by atoms with van der Waals surface area (Å²) in [5.74, 6) is 5.11. The number of para-hydroxylation sites is 13. The number of benzene rings is 18. The van der Waals surface area contributed by atoms with Crippen LogP contribution >= 0.6 is 0 Å². The molecule has 0 radical (unpaired) electrons. The number of rotatable bonds is 12. The van der Waals surface area contributed by atoms with Gasteiger partial charge >= 0.3 is 0 Å². The summed E-state index contributed by atoms with van der Waals surface area (Å²) in [7, 11) is 0. The van der Waals surface area contributed by atoms with E-state index in [1.165, 1.54) is 64.6 Å². The second kappa shape index (κ2) is 33.8. The van der Waals surface area contributed by atoms with Crippen molar-refractivity contribution in [3.05, 3.63) is 496 Å². The van der Waals surface area contributed by atoms with Crippen LogP contribution in [0.25, 0.3) is 237 Å². The van der Waals surface area contributed by atoms with Gasteiger partial charge in [-0.3, -0.25) is 27.4 Å². The quantitative estimate of drug-likeness (QED) is 0.113. The van der Waals surface area contributed by atoms with Gasteiger partial charge in [-0.25, -0.2) is 19.8 Å². The summed E-state index contributed by atoms with van der Waals surface area (Å²) in [6.45, 7) is 7.74. The maximum absolute atomic E-state index is 9.52. The van der Waals surface area contributed by atoms with Crippen LogP contribution in [0.4, 0.5) is 5.69 Å². The van der Waals surface area contributed by atoms with Gasteiger partial charge in [-0.05, 0) is 218 Å². The van der Waals surface area contributed by atoms with E-state index in [1.54, 1.807) is 0 Å². The molecule has 12 heteroatoms. The van der Waals surface area contributed by atoms with E-state index in [2.05, 4.69) is 451 Å². The molecule has 0 unspecified atom stereocenters. The summed E-state index contributed by atoms with van der Waals surface area (Å²) >= 11 is 0. The van der Waals surface area contributed by atoms with Gasteiger partial charge in [0.2, 0.25) is 0 Å². The molecule has 0 saturated heterocycles. The van der Waals surface area contributed by atoms with Crippen LogP contribution < -0.4 is 0 Å². The third-order valence-electron chi connectivity index (χ3n) is 26.8. The van der Waals surface area contributed by atoms with Crippen molar-refractivity contribution in [3.63, 3.8) is 0 Å². The van der Waals surface area contributed by atoms with Gasteiger partial charge in [0.15, 0.2) is 5.69 Å². The molecule has 0 aliphatic rings. The van der Waals surface area contributed by atoms with Crippen molar-refractivity contribution >= 4 is 137 Å². The summed E-state index contributed by atoms with van der Waals surface area (Å²) in [5.41, 5.74) is 27.9. The van der Waals surface area contributed by atoms with Gasteiger partial charge in [0.05, 0.1) is 96.0 Å². The Morgan fingerprint density at radius 2 is 0.377 bits per heavy atom. The van der Waals surface area contributed by atoms with Crippen LogP contribution in [0.2, 0.25) is 0 Å². The minimum Gasteiger partial charge on any atom is -0.294 e. The summed E-state index contributed by atoms with van der Waals surface area (Å²) in [5, 5.41) is 33.2. The average molecular weight is 1760 g/mol. The smallest absolute Gasteiger partial charge is 0.194 e. The predicted molar refractivity (Wildman–Crippen MR) is 567 cm³/mol. The van der Waals surface area contributed by atoms with Crippen molar-refractivity contribution in [2.24, 2.45) is 0 Å². The normalized spacial score (nSPS) is 11.5. The molecule has 0 atom stereocenters. The van der Waals surface area contributed by atoms with Crippen LogP contribution in [-0.4, -0.2) is 42.4 Å². The van der Waals surface area contributed by atoms with E-state index in [-0.39, 0.29) is 0 Å². The lowest BCUT2D eigenvalue weighted by Gasteiger charge is -2.15. The molecule has 642 valence electrons. The monoisotopic (exact) mass is 1760 g/mol. The van der Waals surface area contributed by atoms with E-state index in [0.29, 0.717) is 16.8 Å². The lowest BCUT2D eigenvalue weighted by Crippen LogP contribution is -2.04. The largest absolute Gasteiger partial charge is 0.294 e.